The van der Waals surface area contributed by atoms with Gasteiger partial charge in [0.2, 0.25) is 5.91 Å². The SMILES string of the molecule is CC/C=C\C/C=C\C/C=C\C/C=C\C/C=C\C/C=C\CCCCCCCCC(=O)NC(COC1OC(CO)C(OC2OC(CO)C(O)C(O)C2O)C(O)C1O)C(O)CCCCCCCCCCCCCCCCCCCCCCCCCCCCCCCC. The summed E-state index contributed by atoms with van der Waals surface area (Å²) in [6.07, 6.45) is 63.5. The number of carbonyl (C=O) groups is 1. The molecule has 0 radical (unpaired) electrons. The summed E-state index contributed by atoms with van der Waals surface area (Å²) < 4.78 is 22.9. The molecule has 12 atom stereocenters. The van der Waals surface area contributed by atoms with Gasteiger partial charge in [-0.2, -0.15) is 0 Å². The molecule has 0 bridgehead atoms. The van der Waals surface area contributed by atoms with Crippen LogP contribution < -0.4 is 5.32 Å². The third-order valence-corrected chi connectivity index (χ3v) is 17.7. The summed E-state index contributed by atoms with van der Waals surface area (Å²) in [4.78, 5) is 13.4. The molecule has 2 saturated heterocycles. The average molecular weight is 1260 g/mol. The van der Waals surface area contributed by atoms with Crippen molar-refractivity contribution in [1.82, 2.24) is 5.32 Å². The molecule has 2 aliphatic heterocycles. The minimum atomic E-state index is -1.79. The zero-order chi connectivity index (χ0) is 64.5. The number of rotatable bonds is 60. The Morgan fingerprint density at radius 2 is 0.775 bits per heavy atom. The van der Waals surface area contributed by atoms with Crippen LogP contribution in [0.5, 0.6) is 0 Å². The molecule has 2 aliphatic rings. The number of hydrogen-bond acceptors (Lipinski definition) is 13. The summed E-state index contributed by atoms with van der Waals surface area (Å²) in [7, 11) is 0. The van der Waals surface area contributed by atoms with E-state index >= 15 is 0 Å². The van der Waals surface area contributed by atoms with E-state index in [1.807, 2.05) is 0 Å². The van der Waals surface area contributed by atoms with Gasteiger partial charge in [0.25, 0.3) is 0 Å². The van der Waals surface area contributed by atoms with Gasteiger partial charge in [-0.25, -0.2) is 0 Å². The largest absolute Gasteiger partial charge is 0.394 e. The first-order valence-electron chi connectivity index (χ1n) is 36.7. The molecule has 1 amide bonds. The summed E-state index contributed by atoms with van der Waals surface area (Å²) in [5.74, 6) is -0.220. The number of aliphatic hydroxyl groups is 8. The quantitative estimate of drug-likeness (QED) is 0.0204. The summed E-state index contributed by atoms with van der Waals surface area (Å²) in [5, 5.41) is 87.7. The van der Waals surface area contributed by atoms with E-state index in [2.05, 4.69) is 92.1 Å². The van der Waals surface area contributed by atoms with Crippen molar-refractivity contribution in [2.45, 2.75) is 376 Å². The Morgan fingerprint density at radius 1 is 0.416 bits per heavy atom. The number of amides is 1. The van der Waals surface area contributed by atoms with Crippen LogP contribution in [-0.4, -0.2) is 140 Å². The summed E-state index contributed by atoms with van der Waals surface area (Å²) in [6.45, 7) is 2.77. The maximum absolute atomic E-state index is 13.4. The monoisotopic (exact) mass is 1260 g/mol. The van der Waals surface area contributed by atoms with E-state index in [-0.39, 0.29) is 18.9 Å². The van der Waals surface area contributed by atoms with Crippen molar-refractivity contribution in [3.8, 4) is 0 Å². The molecule has 9 N–H and O–H groups in total. The fraction of sp³-hybridized carbons (Fsp3) is 0.827. The van der Waals surface area contributed by atoms with E-state index in [4.69, 9.17) is 18.9 Å². The fourth-order valence-corrected chi connectivity index (χ4v) is 11.9. The van der Waals surface area contributed by atoms with Crippen LogP contribution in [0, 0.1) is 0 Å². The summed E-state index contributed by atoms with van der Waals surface area (Å²) in [6, 6.07) is -0.844. The zero-order valence-electron chi connectivity index (χ0n) is 56.4. The zero-order valence-corrected chi connectivity index (χ0v) is 56.4. The van der Waals surface area contributed by atoms with Crippen molar-refractivity contribution in [3.63, 3.8) is 0 Å². The summed E-state index contributed by atoms with van der Waals surface area (Å²) in [5.41, 5.74) is 0. The Balaban J connectivity index is 1.66. The van der Waals surface area contributed by atoms with Crippen LogP contribution in [0.25, 0.3) is 0 Å². The molecule has 89 heavy (non-hydrogen) atoms. The minimum absolute atomic E-state index is 0.220. The highest BCUT2D eigenvalue weighted by atomic mass is 16.7. The molecule has 2 fully saturated rings. The van der Waals surface area contributed by atoms with Crippen LogP contribution in [0.1, 0.15) is 303 Å². The number of allylic oxidation sites excluding steroid dienone is 12. The van der Waals surface area contributed by atoms with Crippen molar-refractivity contribution >= 4 is 5.91 Å². The van der Waals surface area contributed by atoms with Crippen molar-refractivity contribution < 1.29 is 64.6 Å². The van der Waals surface area contributed by atoms with E-state index in [1.165, 1.54) is 167 Å². The lowest BCUT2D eigenvalue weighted by Gasteiger charge is -2.46. The van der Waals surface area contributed by atoms with Gasteiger partial charge in [-0.1, -0.05) is 305 Å². The average Bonchev–Trinajstić information content (AvgIpc) is 1.37. The van der Waals surface area contributed by atoms with Crippen molar-refractivity contribution in [3.05, 3.63) is 72.9 Å². The van der Waals surface area contributed by atoms with Gasteiger partial charge in [-0.15, -0.1) is 0 Å². The maximum Gasteiger partial charge on any atom is 0.220 e. The van der Waals surface area contributed by atoms with Crippen LogP contribution in [-0.2, 0) is 23.7 Å². The number of nitrogens with one attached hydrogen (secondary N) is 1. The van der Waals surface area contributed by atoms with Crippen LogP contribution in [0.3, 0.4) is 0 Å². The maximum atomic E-state index is 13.4. The predicted molar refractivity (Wildman–Crippen MR) is 364 cm³/mol. The molecule has 12 unspecified atom stereocenters. The van der Waals surface area contributed by atoms with Gasteiger partial charge >= 0.3 is 0 Å². The molecule has 0 aromatic rings. The van der Waals surface area contributed by atoms with Crippen molar-refractivity contribution in [1.29, 1.82) is 0 Å². The van der Waals surface area contributed by atoms with E-state index < -0.39 is 86.8 Å². The topological polar surface area (TPSA) is 228 Å². The van der Waals surface area contributed by atoms with Crippen LogP contribution in [0.4, 0.5) is 0 Å². The molecule has 14 heteroatoms. The van der Waals surface area contributed by atoms with E-state index in [1.54, 1.807) is 0 Å². The van der Waals surface area contributed by atoms with Crippen LogP contribution in [0.15, 0.2) is 72.9 Å². The Bertz CT molecular complexity index is 1770. The van der Waals surface area contributed by atoms with E-state index in [0.29, 0.717) is 12.8 Å². The molecule has 0 aromatic carbocycles. The Morgan fingerprint density at radius 3 is 1.19 bits per heavy atom. The molecular formula is C75H135NO13. The number of ether oxygens (including phenoxy) is 4. The summed E-state index contributed by atoms with van der Waals surface area (Å²) >= 11 is 0. The van der Waals surface area contributed by atoms with Gasteiger partial charge < -0.3 is 65.1 Å². The second-order valence-electron chi connectivity index (χ2n) is 25.7. The number of hydrogen-bond donors (Lipinski definition) is 9. The van der Waals surface area contributed by atoms with Gasteiger partial charge in [-0.3, -0.25) is 4.79 Å². The third kappa shape index (κ3) is 43.1. The minimum Gasteiger partial charge on any atom is -0.394 e. The molecule has 0 saturated carbocycles. The smallest absolute Gasteiger partial charge is 0.220 e. The van der Waals surface area contributed by atoms with Gasteiger partial charge in [-0.05, 0) is 64.2 Å². The molecule has 2 heterocycles. The van der Waals surface area contributed by atoms with E-state index in [9.17, 15) is 45.6 Å². The Kier molecular flexibility index (Phi) is 54.9. The second-order valence-corrected chi connectivity index (χ2v) is 25.7. The normalized spacial score (nSPS) is 23.4. The predicted octanol–water partition coefficient (Wildman–Crippen LogP) is 15.4. The number of unbranched alkanes of at least 4 members (excludes halogenated alkanes) is 35. The third-order valence-electron chi connectivity index (χ3n) is 17.7. The molecule has 14 nitrogen and oxygen atoms in total. The van der Waals surface area contributed by atoms with Gasteiger partial charge in [0, 0.05) is 6.42 Å². The van der Waals surface area contributed by atoms with Gasteiger partial charge in [0.05, 0.1) is 32.0 Å². The first kappa shape index (κ1) is 82.5. The molecule has 518 valence electrons. The van der Waals surface area contributed by atoms with Crippen molar-refractivity contribution in [2.24, 2.45) is 0 Å². The number of aliphatic hydroxyl groups excluding tert-OH is 8. The Hall–Kier alpha value is -2.57. The molecule has 2 rings (SSSR count). The van der Waals surface area contributed by atoms with E-state index in [0.717, 1.165) is 103 Å². The second kappa shape index (κ2) is 59.2. The van der Waals surface area contributed by atoms with Gasteiger partial charge in [0.1, 0.15) is 48.8 Å². The number of carbonyl (C=O) groups excluding carboxylic acids is 1. The lowest BCUT2D eigenvalue weighted by molar-refractivity contribution is -0.359. The standard InChI is InChI=1S/C75H135NO13/c1-3-5-7-9-11-13-15-17-19-21-23-25-27-29-30-31-32-33-35-36-38-40-42-44-46-48-50-52-54-56-58-64(79)63(62-86-74-72(85)70(83)73(66(61-78)88-74)89-75-71(84)69(82)68(81)65(60-77)87-75)76-67(80)59-57-55-53-51-49-47-45-43-41-39-37-34-28-26-24-22-20-18-16-14-12-10-8-6-4-2/h6,8,12,14,18,20,24,26,34,37,41,43,63-66,68-75,77-79,81-85H,3-5,7,9-11,13,15-17,19,21-23,25,27-33,35-36,38-40,42,44-62H2,1-2H3,(H,76,80)/b8-6-,14-12-,20-18-,26-24-,37-34-,43-41-. The molecule has 0 spiro atoms. The lowest BCUT2D eigenvalue weighted by Crippen LogP contribution is -2.65. The first-order chi connectivity index (χ1) is 43.6. The molecule has 0 aliphatic carbocycles. The highest BCUT2D eigenvalue weighted by Crippen LogP contribution is 2.30. The molecule has 0 aromatic heterocycles. The van der Waals surface area contributed by atoms with Crippen LogP contribution in [0.2, 0.25) is 0 Å². The van der Waals surface area contributed by atoms with Gasteiger partial charge in [0.15, 0.2) is 12.6 Å². The fourth-order valence-electron chi connectivity index (χ4n) is 11.9. The Labute approximate surface area is 542 Å². The highest BCUT2D eigenvalue weighted by Gasteiger charge is 2.51. The lowest BCUT2D eigenvalue weighted by atomic mass is 9.97. The highest BCUT2D eigenvalue weighted by molar-refractivity contribution is 5.76. The first-order valence-corrected chi connectivity index (χ1v) is 36.7. The molecular weight excluding hydrogens is 1120 g/mol. The van der Waals surface area contributed by atoms with Crippen molar-refractivity contribution in [2.75, 3.05) is 19.8 Å². The van der Waals surface area contributed by atoms with Crippen LogP contribution >= 0.6 is 0 Å².